The van der Waals surface area contributed by atoms with Crippen LogP contribution in [0.1, 0.15) is 18.5 Å². The summed E-state index contributed by atoms with van der Waals surface area (Å²) in [7, 11) is 0. The molecule has 2 aromatic carbocycles. The number of rotatable bonds is 1. The van der Waals surface area contributed by atoms with Gasteiger partial charge in [-0.15, -0.1) is 0 Å². The van der Waals surface area contributed by atoms with Crippen molar-refractivity contribution in [3.05, 3.63) is 48.0 Å². The molecular formula is C15H18N2. The first-order chi connectivity index (χ1) is 8.36. The molecule has 2 heteroatoms. The highest BCUT2D eigenvalue weighted by atomic mass is 15.1. The largest absolute Gasteiger partial charge is 0.311 e. The van der Waals surface area contributed by atoms with E-state index in [1.54, 1.807) is 0 Å². The van der Waals surface area contributed by atoms with Crippen molar-refractivity contribution in [2.75, 3.05) is 13.1 Å². The van der Waals surface area contributed by atoms with Crippen LogP contribution in [0.5, 0.6) is 0 Å². The number of piperazine rings is 1. The fourth-order valence-electron chi connectivity index (χ4n) is 2.72. The highest BCUT2D eigenvalue weighted by molar-refractivity contribution is 5.86. The second kappa shape index (κ2) is 4.47. The van der Waals surface area contributed by atoms with Crippen LogP contribution in [0.3, 0.4) is 0 Å². The fraction of sp³-hybridized carbons (Fsp3) is 0.333. The Bertz CT molecular complexity index is 516. The quantitative estimate of drug-likeness (QED) is 0.780. The van der Waals surface area contributed by atoms with Crippen LogP contribution in [-0.2, 0) is 0 Å². The van der Waals surface area contributed by atoms with Gasteiger partial charge in [0.15, 0.2) is 0 Å². The lowest BCUT2D eigenvalue weighted by molar-refractivity contribution is 0.347. The average Bonchev–Trinajstić information content (AvgIpc) is 2.39. The van der Waals surface area contributed by atoms with Gasteiger partial charge in [0.2, 0.25) is 0 Å². The van der Waals surface area contributed by atoms with Gasteiger partial charge in [0, 0.05) is 25.2 Å². The van der Waals surface area contributed by atoms with E-state index in [4.69, 9.17) is 0 Å². The second-order valence-corrected chi connectivity index (χ2v) is 4.74. The minimum atomic E-state index is 0.412. The van der Waals surface area contributed by atoms with Crippen molar-refractivity contribution < 1.29 is 0 Å². The molecule has 0 aromatic heterocycles. The molecule has 88 valence electrons. The molecule has 0 amide bonds. The van der Waals surface area contributed by atoms with Crippen LogP contribution in [0.4, 0.5) is 0 Å². The Morgan fingerprint density at radius 3 is 2.59 bits per heavy atom. The maximum atomic E-state index is 3.61. The van der Waals surface area contributed by atoms with E-state index in [2.05, 4.69) is 60.0 Å². The first-order valence-electron chi connectivity index (χ1n) is 6.31. The van der Waals surface area contributed by atoms with E-state index < -0.39 is 0 Å². The molecule has 2 aromatic rings. The first kappa shape index (κ1) is 10.8. The Balaban J connectivity index is 2.10. The van der Waals surface area contributed by atoms with E-state index in [-0.39, 0.29) is 0 Å². The molecule has 1 saturated heterocycles. The van der Waals surface area contributed by atoms with Crippen molar-refractivity contribution in [1.29, 1.82) is 0 Å². The molecule has 1 fully saturated rings. The molecule has 0 bridgehead atoms. The lowest BCUT2D eigenvalue weighted by atomic mass is 9.93. The fourth-order valence-corrected chi connectivity index (χ4v) is 2.72. The van der Waals surface area contributed by atoms with Gasteiger partial charge in [0.1, 0.15) is 0 Å². The van der Waals surface area contributed by atoms with Gasteiger partial charge in [0.25, 0.3) is 0 Å². The molecule has 1 aliphatic heterocycles. The highest BCUT2D eigenvalue weighted by Gasteiger charge is 2.22. The summed E-state index contributed by atoms with van der Waals surface area (Å²) in [4.78, 5) is 0. The van der Waals surface area contributed by atoms with Crippen LogP contribution in [0.15, 0.2) is 42.5 Å². The van der Waals surface area contributed by atoms with E-state index in [0.717, 1.165) is 13.1 Å². The summed E-state index contributed by atoms with van der Waals surface area (Å²) >= 11 is 0. The van der Waals surface area contributed by atoms with Gasteiger partial charge in [-0.05, 0) is 23.3 Å². The predicted molar refractivity (Wildman–Crippen MR) is 72.2 cm³/mol. The number of nitrogens with one attached hydrogen (secondary N) is 2. The summed E-state index contributed by atoms with van der Waals surface area (Å²) in [5.74, 6) is 0. The van der Waals surface area contributed by atoms with E-state index >= 15 is 0 Å². The van der Waals surface area contributed by atoms with Crippen molar-refractivity contribution in [1.82, 2.24) is 10.6 Å². The first-order valence-corrected chi connectivity index (χ1v) is 6.31. The van der Waals surface area contributed by atoms with Crippen LogP contribution in [0, 0.1) is 0 Å². The summed E-state index contributed by atoms with van der Waals surface area (Å²) in [6.07, 6.45) is 0. The zero-order chi connectivity index (χ0) is 11.7. The Morgan fingerprint density at radius 2 is 1.71 bits per heavy atom. The summed E-state index contributed by atoms with van der Waals surface area (Å²) in [5.41, 5.74) is 1.41. The summed E-state index contributed by atoms with van der Waals surface area (Å²) in [6, 6.07) is 16.1. The summed E-state index contributed by atoms with van der Waals surface area (Å²) in [6.45, 7) is 4.35. The van der Waals surface area contributed by atoms with Gasteiger partial charge in [-0.1, -0.05) is 42.5 Å². The van der Waals surface area contributed by atoms with Crippen molar-refractivity contribution in [2.45, 2.75) is 19.0 Å². The van der Waals surface area contributed by atoms with E-state index in [1.807, 2.05) is 0 Å². The van der Waals surface area contributed by atoms with Crippen molar-refractivity contribution in [3.63, 3.8) is 0 Å². The minimum absolute atomic E-state index is 0.412. The Hall–Kier alpha value is -1.38. The molecule has 3 rings (SSSR count). The molecule has 2 nitrogen and oxygen atoms in total. The number of benzene rings is 2. The van der Waals surface area contributed by atoms with Gasteiger partial charge in [0.05, 0.1) is 0 Å². The molecule has 0 aliphatic carbocycles. The standard InChI is InChI=1S/C15H18N2/c1-11-15(17-10-9-16-11)14-8-4-6-12-5-2-3-7-13(12)14/h2-8,11,15-17H,9-10H2,1H3. The van der Waals surface area contributed by atoms with Gasteiger partial charge >= 0.3 is 0 Å². The average molecular weight is 226 g/mol. The monoisotopic (exact) mass is 226 g/mol. The van der Waals surface area contributed by atoms with Gasteiger partial charge in [-0.3, -0.25) is 0 Å². The van der Waals surface area contributed by atoms with E-state index in [9.17, 15) is 0 Å². The van der Waals surface area contributed by atoms with Gasteiger partial charge in [-0.2, -0.15) is 0 Å². The third-order valence-corrected chi connectivity index (χ3v) is 3.61. The molecule has 0 saturated carbocycles. The van der Waals surface area contributed by atoms with Gasteiger partial charge in [-0.25, -0.2) is 0 Å². The molecule has 2 unspecified atom stereocenters. The predicted octanol–water partition coefficient (Wildman–Crippen LogP) is 2.46. The topological polar surface area (TPSA) is 24.1 Å². The highest BCUT2D eigenvalue weighted by Crippen LogP contribution is 2.27. The molecule has 0 radical (unpaired) electrons. The van der Waals surface area contributed by atoms with E-state index in [1.165, 1.54) is 16.3 Å². The summed E-state index contributed by atoms with van der Waals surface area (Å²) in [5, 5.41) is 9.84. The smallest absolute Gasteiger partial charge is 0.0479 e. The SMILES string of the molecule is CC1NCCNC1c1cccc2ccccc12. The number of fused-ring (bicyclic) bond motifs is 1. The molecule has 2 atom stereocenters. The van der Waals surface area contributed by atoms with Crippen LogP contribution < -0.4 is 10.6 Å². The molecular weight excluding hydrogens is 208 g/mol. The summed E-state index contributed by atoms with van der Waals surface area (Å²) < 4.78 is 0. The lowest BCUT2D eigenvalue weighted by Gasteiger charge is -2.32. The maximum absolute atomic E-state index is 3.61. The Morgan fingerprint density at radius 1 is 0.941 bits per heavy atom. The van der Waals surface area contributed by atoms with E-state index in [0.29, 0.717) is 12.1 Å². The zero-order valence-corrected chi connectivity index (χ0v) is 10.1. The number of hydrogen-bond acceptors (Lipinski definition) is 2. The second-order valence-electron chi connectivity index (χ2n) is 4.74. The van der Waals surface area contributed by atoms with Crippen LogP contribution >= 0.6 is 0 Å². The maximum Gasteiger partial charge on any atom is 0.0479 e. The normalized spacial score (nSPS) is 25.0. The molecule has 17 heavy (non-hydrogen) atoms. The van der Waals surface area contributed by atoms with Crippen LogP contribution in [0.25, 0.3) is 10.8 Å². The lowest BCUT2D eigenvalue weighted by Crippen LogP contribution is -2.49. The molecule has 2 N–H and O–H groups in total. The third-order valence-electron chi connectivity index (χ3n) is 3.61. The molecule has 0 spiro atoms. The number of hydrogen-bond donors (Lipinski definition) is 2. The Labute approximate surface area is 102 Å². The minimum Gasteiger partial charge on any atom is -0.311 e. The van der Waals surface area contributed by atoms with Crippen molar-refractivity contribution >= 4 is 10.8 Å². The zero-order valence-electron chi connectivity index (χ0n) is 10.1. The Kier molecular flexibility index (Phi) is 2.83. The third kappa shape index (κ3) is 1.94. The molecule has 1 heterocycles. The van der Waals surface area contributed by atoms with Crippen molar-refractivity contribution in [3.8, 4) is 0 Å². The molecule has 1 aliphatic rings. The van der Waals surface area contributed by atoms with Crippen molar-refractivity contribution in [2.24, 2.45) is 0 Å². The van der Waals surface area contributed by atoms with Gasteiger partial charge < -0.3 is 10.6 Å². The van der Waals surface area contributed by atoms with Crippen LogP contribution in [0.2, 0.25) is 0 Å². The van der Waals surface area contributed by atoms with Crippen LogP contribution in [-0.4, -0.2) is 19.1 Å².